The van der Waals surface area contributed by atoms with E-state index >= 15 is 0 Å². The van der Waals surface area contributed by atoms with Crippen molar-refractivity contribution in [2.45, 2.75) is 26.1 Å². The number of hydrogen-bond acceptors (Lipinski definition) is 6. The molecule has 2 heterocycles. The number of alkyl halides is 3. The molecule has 0 bridgehead atoms. The molecule has 1 aliphatic rings. The summed E-state index contributed by atoms with van der Waals surface area (Å²) in [4.78, 5) is 8.52. The molecule has 1 aromatic rings. The fourth-order valence-corrected chi connectivity index (χ4v) is 2.39. The van der Waals surface area contributed by atoms with E-state index in [-0.39, 0.29) is 6.61 Å². The zero-order valence-corrected chi connectivity index (χ0v) is 12.6. The summed E-state index contributed by atoms with van der Waals surface area (Å²) in [6.07, 6.45) is -3.30. The topological polar surface area (TPSA) is 54.6 Å². The third-order valence-electron chi connectivity index (χ3n) is 3.43. The van der Waals surface area contributed by atoms with Gasteiger partial charge in [-0.2, -0.15) is 18.2 Å². The number of hydrogen-bond donors (Lipinski definition) is 0. The molecule has 0 N–H and O–H groups in total. The molecule has 2 rings (SSSR count). The van der Waals surface area contributed by atoms with Gasteiger partial charge in [0.25, 0.3) is 0 Å². The van der Waals surface area contributed by atoms with Gasteiger partial charge in [-0.05, 0) is 19.5 Å². The average molecular weight is 322 g/mol. The number of aryl methyl sites for hydroxylation is 1. The van der Waals surface area contributed by atoms with Crippen LogP contribution in [-0.4, -0.2) is 72.1 Å². The Labute approximate surface area is 127 Å². The molecule has 0 unspecified atom stereocenters. The highest BCUT2D eigenvalue weighted by Crippen LogP contribution is 2.14. The predicted octanol–water partition coefficient (Wildman–Crippen LogP) is 1.46. The van der Waals surface area contributed by atoms with Gasteiger partial charge in [0.1, 0.15) is 6.61 Å². The summed E-state index contributed by atoms with van der Waals surface area (Å²) in [5, 5.41) is 3.88. The molecule has 1 aliphatic heterocycles. The van der Waals surface area contributed by atoms with Crippen LogP contribution >= 0.6 is 0 Å². The van der Waals surface area contributed by atoms with Gasteiger partial charge in [-0.1, -0.05) is 5.16 Å². The second-order valence-electron chi connectivity index (χ2n) is 5.37. The van der Waals surface area contributed by atoms with Crippen LogP contribution in [0.25, 0.3) is 0 Å². The van der Waals surface area contributed by atoms with Crippen molar-refractivity contribution in [1.29, 1.82) is 0 Å². The molecule has 0 aromatic carbocycles. The first-order valence-electron chi connectivity index (χ1n) is 7.31. The lowest BCUT2D eigenvalue weighted by Gasteiger charge is -2.21. The van der Waals surface area contributed by atoms with E-state index in [9.17, 15) is 13.2 Å². The molecule has 1 aromatic heterocycles. The molecule has 1 fully saturated rings. The summed E-state index contributed by atoms with van der Waals surface area (Å²) in [7, 11) is 0. The lowest BCUT2D eigenvalue weighted by molar-refractivity contribution is -0.174. The SMILES string of the molecule is Cc1nc(CN2CCCN(CCOCC(F)(F)F)CC2)no1. The van der Waals surface area contributed by atoms with Crippen molar-refractivity contribution < 1.29 is 22.4 Å². The van der Waals surface area contributed by atoms with E-state index in [2.05, 4.69) is 24.7 Å². The molecule has 0 atom stereocenters. The van der Waals surface area contributed by atoms with Crippen LogP contribution in [0.4, 0.5) is 13.2 Å². The van der Waals surface area contributed by atoms with E-state index < -0.39 is 12.8 Å². The lowest BCUT2D eigenvalue weighted by Crippen LogP contribution is -2.33. The molecular formula is C13H21F3N4O2. The predicted molar refractivity (Wildman–Crippen MR) is 72.2 cm³/mol. The number of halogens is 3. The Hall–Kier alpha value is -1.19. The van der Waals surface area contributed by atoms with Crippen molar-refractivity contribution in [3.05, 3.63) is 11.7 Å². The highest BCUT2D eigenvalue weighted by molar-refractivity contribution is 4.84. The fraction of sp³-hybridized carbons (Fsp3) is 0.846. The summed E-state index contributed by atoms with van der Waals surface area (Å²) in [5.74, 6) is 1.22. The molecule has 6 nitrogen and oxygen atoms in total. The van der Waals surface area contributed by atoms with Crippen LogP contribution < -0.4 is 0 Å². The molecule has 0 amide bonds. The molecule has 22 heavy (non-hydrogen) atoms. The van der Waals surface area contributed by atoms with Crippen molar-refractivity contribution >= 4 is 0 Å². The Morgan fingerprint density at radius 3 is 2.59 bits per heavy atom. The molecule has 9 heteroatoms. The standard InChI is InChI=1S/C13H21F3N4O2/c1-11-17-12(18-22-11)9-20-4-2-3-19(5-6-20)7-8-21-10-13(14,15)16/h2-10H2,1H3. The van der Waals surface area contributed by atoms with E-state index in [1.165, 1.54) is 0 Å². The van der Waals surface area contributed by atoms with Crippen LogP contribution in [0.3, 0.4) is 0 Å². The van der Waals surface area contributed by atoms with Gasteiger partial charge in [0, 0.05) is 26.6 Å². The zero-order chi connectivity index (χ0) is 16.0. The molecule has 1 saturated heterocycles. The third kappa shape index (κ3) is 6.29. The van der Waals surface area contributed by atoms with Crippen molar-refractivity contribution in [2.75, 3.05) is 45.9 Å². The molecular weight excluding hydrogens is 301 g/mol. The Bertz CT molecular complexity index is 453. The first-order chi connectivity index (χ1) is 10.4. The van der Waals surface area contributed by atoms with Crippen LogP contribution in [0.15, 0.2) is 4.52 Å². The average Bonchev–Trinajstić information content (AvgIpc) is 2.70. The van der Waals surface area contributed by atoms with Crippen molar-refractivity contribution in [3.8, 4) is 0 Å². The largest absolute Gasteiger partial charge is 0.411 e. The van der Waals surface area contributed by atoms with E-state index in [0.717, 1.165) is 32.6 Å². The van der Waals surface area contributed by atoms with Crippen LogP contribution in [-0.2, 0) is 11.3 Å². The van der Waals surface area contributed by atoms with Crippen molar-refractivity contribution in [1.82, 2.24) is 19.9 Å². The van der Waals surface area contributed by atoms with Crippen LogP contribution in [0.5, 0.6) is 0 Å². The van der Waals surface area contributed by atoms with Gasteiger partial charge in [-0.15, -0.1) is 0 Å². The van der Waals surface area contributed by atoms with Crippen molar-refractivity contribution in [3.63, 3.8) is 0 Å². The third-order valence-corrected chi connectivity index (χ3v) is 3.43. The molecule has 0 radical (unpaired) electrons. The van der Waals surface area contributed by atoms with Gasteiger partial charge >= 0.3 is 6.18 Å². The van der Waals surface area contributed by atoms with E-state index in [4.69, 9.17) is 4.52 Å². The number of aromatic nitrogens is 2. The molecule has 0 spiro atoms. The minimum absolute atomic E-state index is 0.101. The Balaban J connectivity index is 1.66. The maximum absolute atomic E-state index is 12.0. The summed E-state index contributed by atoms with van der Waals surface area (Å²) >= 11 is 0. The monoisotopic (exact) mass is 322 g/mol. The highest BCUT2D eigenvalue weighted by Gasteiger charge is 2.27. The minimum Gasteiger partial charge on any atom is -0.371 e. The second-order valence-corrected chi connectivity index (χ2v) is 5.37. The first kappa shape index (κ1) is 17.2. The van der Waals surface area contributed by atoms with E-state index in [1.54, 1.807) is 6.92 Å². The first-order valence-corrected chi connectivity index (χ1v) is 7.31. The van der Waals surface area contributed by atoms with Gasteiger partial charge in [0.15, 0.2) is 5.82 Å². The number of ether oxygens (including phenoxy) is 1. The van der Waals surface area contributed by atoms with Gasteiger partial charge in [-0.3, -0.25) is 9.80 Å². The maximum atomic E-state index is 12.0. The van der Waals surface area contributed by atoms with Crippen LogP contribution in [0.1, 0.15) is 18.1 Å². The number of nitrogens with zero attached hydrogens (tertiary/aromatic N) is 4. The second kappa shape index (κ2) is 7.89. The normalized spacial score (nSPS) is 18.5. The number of rotatable bonds is 6. The van der Waals surface area contributed by atoms with Crippen molar-refractivity contribution in [2.24, 2.45) is 0 Å². The van der Waals surface area contributed by atoms with Crippen LogP contribution in [0, 0.1) is 6.92 Å². The fourth-order valence-electron chi connectivity index (χ4n) is 2.39. The van der Waals surface area contributed by atoms with Gasteiger partial charge < -0.3 is 9.26 Å². The van der Waals surface area contributed by atoms with E-state index in [0.29, 0.717) is 24.8 Å². The Morgan fingerprint density at radius 2 is 1.91 bits per heavy atom. The quantitative estimate of drug-likeness (QED) is 0.739. The molecule has 0 saturated carbocycles. The summed E-state index contributed by atoms with van der Waals surface area (Å²) in [6, 6.07) is 0. The maximum Gasteiger partial charge on any atom is 0.411 e. The lowest BCUT2D eigenvalue weighted by atomic mass is 10.4. The Kier molecular flexibility index (Phi) is 6.16. The van der Waals surface area contributed by atoms with Crippen LogP contribution in [0.2, 0.25) is 0 Å². The van der Waals surface area contributed by atoms with Gasteiger partial charge in [0.05, 0.1) is 13.2 Å². The summed E-state index contributed by atoms with van der Waals surface area (Å²) < 4.78 is 45.5. The zero-order valence-electron chi connectivity index (χ0n) is 12.6. The minimum atomic E-state index is -4.25. The smallest absolute Gasteiger partial charge is 0.371 e. The van der Waals surface area contributed by atoms with Gasteiger partial charge in [-0.25, -0.2) is 0 Å². The molecule has 126 valence electrons. The molecule has 0 aliphatic carbocycles. The Morgan fingerprint density at radius 1 is 1.18 bits per heavy atom. The summed E-state index contributed by atoms with van der Waals surface area (Å²) in [5.41, 5.74) is 0. The summed E-state index contributed by atoms with van der Waals surface area (Å²) in [6.45, 7) is 5.22. The van der Waals surface area contributed by atoms with E-state index in [1.807, 2.05) is 0 Å². The highest BCUT2D eigenvalue weighted by atomic mass is 19.4. The van der Waals surface area contributed by atoms with Gasteiger partial charge in [0.2, 0.25) is 5.89 Å².